The molecular weight excluding hydrogens is 192 g/mol. The average molecular weight is 202 g/mol. The number of hydrogen-bond acceptors (Lipinski definition) is 3. The highest BCUT2D eigenvalue weighted by Crippen LogP contribution is 2.39. The number of hydrogen-bond donors (Lipinski definition) is 1. The summed E-state index contributed by atoms with van der Waals surface area (Å²) in [5, 5.41) is 11.2. The SMILES string of the molecule is CC(=O)NC1(OC#N)Cc2ccccc21. The van der Waals surface area contributed by atoms with Crippen molar-refractivity contribution in [2.75, 3.05) is 0 Å². The lowest BCUT2D eigenvalue weighted by molar-refractivity contribution is -0.129. The van der Waals surface area contributed by atoms with Gasteiger partial charge in [-0.1, -0.05) is 24.3 Å². The number of carbonyl (C=O) groups is 1. The zero-order valence-corrected chi connectivity index (χ0v) is 8.28. The van der Waals surface area contributed by atoms with Gasteiger partial charge in [0, 0.05) is 18.9 Å². The van der Waals surface area contributed by atoms with Gasteiger partial charge in [0.1, 0.15) is 0 Å². The molecule has 1 unspecified atom stereocenters. The van der Waals surface area contributed by atoms with E-state index in [1.54, 1.807) is 6.26 Å². The topological polar surface area (TPSA) is 62.1 Å². The quantitative estimate of drug-likeness (QED) is 0.575. The van der Waals surface area contributed by atoms with Crippen molar-refractivity contribution in [2.45, 2.75) is 19.1 Å². The number of benzene rings is 1. The van der Waals surface area contributed by atoms with Crippen LogP contribution in [0.1, 0.15) is 18.1 Å². The number of carbonyl (C=O) groups excluding carboxylic acids is 1. The molecule has 1 aliphatic carbocycles. The van der Waals surface area contributed by atoms with Gasteiger partial charge in [-0.2, -0.15) is 5.26 Å². The average Bonchev–Trinajstić information content (AvgIpc) is 2.15. The molecule has 0 spiro atoms. The molecule has 0 radical (unpaired) electrons. The molecule has 1 aromatic rings. The van der Waals surface area contributed by atoms with E-state index in [1.165, 1.54) is 6.92 Å². The highest BCUT2D eigenvalue weighted by atomic mass is 16.5. The second-order valence-electron chi connectivity index (χ2n) is 3.54. The van der Waals surface area contributed by atoms with Gasteiger partial charge in [-0.3, -0.25) is 4.79 Å². The molecule has 0 fully saturated rings. The lowest BCUT2D eigenvalue weighted by atomic mass is 9.79. The molecule has 15 heavy (non-hydrogen) atoms. The third-order valence-corrected chi connectivity index (χ3v) is 2.49. The first-order chi connectivity index (χ1) is 7.18. The minimum absolute atomic E-state index is 0.209. The molecule has 1 N–H and O–H groups in total. The molecule has 0 saturated carbocycles. The molecule has 2 rings (SSSR count). The molecule has 1 aromatic carbocycles. The fourth-order valence-electron chi connectivity index (χ4n) is 1.92. The van der Waals surface area contributed by atoms with Crippen LogP contribution in [0.4, 0.5) is 0 Å². The molecule has 0 saturated heterocycles. The Morgan fingerprint density at radius 1 is 1.60 bits per heavy atom. The van der Waals surface area contributed by atoms with E-state index in [0.29, 0.717) is 6.42 Å². The molecule has 1 amide bonds. The molecule has 4 nitrogen and oxygen atoms in total. The summed E-state index contributed by atoms with van der Waals surface area (Å²) in [4.78, 5) is 11.0. The van der Waals surface area contributed by atoms with Crippen LogP contribution >= 0.6 is 0 Å². The zero-order valence-electron chi connectivity index (χ0n) is 8.28. The van der Waals surface area contributed by atoms with E-state index in [0.717, 1.165) is 11.1 Å². The summed E-state index contributed by atoms with van der Waals surface area (Å²) in [6.07, 6.45) is 2.18. The zero-order chi connectivity index (χ0) is 10.9. The Morgan fingerprint density at radius 3 is 2.93 bits per heavy atom. The van der Waals surface area contributed by atoms with Crippen molar-refractivity contribution < 1.29 is 9.53 Å². The van der Waals surface area contributed by atoms with Gasteiger partial charge in [0.2, 0.25) is 11.6 Å². The highest BCUT2D eigenvalue weighted by Gasteiger charge is 2.46. The Bertz CT molecular complexity index is 450. The van der Waals surface area contributed by atoms with Crippen molar-refractivity contribution in [3.8, 4) is 6.26 Å². The van der Waals surface area contributed by atoms with E-state index >= 15 is 0 Å². The molecule has 76 valence electrons. The maximum atomic E-state index is 11.0. The summed E-state index contributed by atoms with van der Waals surface area (Å²) < 4.78 is 4.98. The van der Waals surface area contributed by atoms with E-state index in [1.807, 2.05) is 24.3 Å². The van der Waals surface area contributed by atoms with Gasteiger partial charge in [-0.05, 0) is 5.56 Å². The van der Waals surface area contributed by atoms with Gasteiger partial charge in [-0.25, -0.2) is 0 Å². The smallest absolute Gasteiger partial charge is 0.289 e. The lowest BCUT2D eigenvalue weighted by Crippen LogP contribution is -2.54. The van der Waals surface area contributed by atoms with Crippen molar-refractivity contribution >= 4 is 5.91 Å². The maximum Gasteiger partial charge on any atom is 0.289 e. The number of rotatable bonds is 2. The van der Waals surface area contributed by atoms with Crippen molar-refractivity contribution in [3.63, 3.8) is 0 Å². The van der Waals surface area contributed by atoms with Gasteiger partial charge in [0.15, 0.2) is 0 Å². The summed E-state index contributed by atoms with van der Waals surface area (Å²) >= 11 is 0. The molecular formula is C11H10N2O2. The number of nitrogens with one attached hydrogen (secondary N) is 1. The van der Waals surface area contributed by atoms with Gasteiger partial charge in [0.25, 0.3) is 6.26 Å². The first-order valence-corrected chi connectivity index (χ1v) is 4.62. The third kappa shape index (κ3) is 1.42. The van der Waals surface area contributed by atoms with Crippen LogP contribution in [-0.2, 0) is 21.7 Å². The normalized spacial score (nSPS) is 21.9. The molecule has 0 aromatic heterocycles. The number of nitriles is 1. The van der Waals surface area contributed by atoms with Crippen LogP contribution in [0.25, 0.3) is 0 Å². The molecule has 1 aliphatic rings. The number of amides is 1. The first-order valence-electron chi connectivity index (χ1n) is 4.62. The van der Waals surface area contributed by atoms with Crippen LogP contribution in [0.5, 0.6) is 0 Å². The number of fused-ring (bicyclic) bond motifs is 1. The van der Waals surface area contributed by atoms with E-state index in [-0.39, 0.29) is 5.91 Å². The predicted molar refractivity (Wildman–Crippen MR) is 52.3 cm³/mol. The van der Waals surface area contributed by atoms with Gasteiger partial charge < -0.3 is 10.1 Å². The summed E-state index contributed by atoms with van der Waals surface area (Å²) in [6.45, 7) is 1.41. The van der Waals surface area contributed by atoms with Crippen LogP contribution in [0.15, 0.2) is 24.3 Å². The Kier molecular flexibility index (Phi) is 2.09. The molecule has 0 bridgehead atoms. The Hall–Kier alpha value is -2.02. The van der Waals surface area contributed by atoms with Gasteiger partial charge in [0.05, 0.1) is 0 Å². The van der Waals surface area contributed by atoms with Crippen molar-refractivity contribution in [2.24, 2.45) is 0 Å². The minimum atomic E-state index is -0.933. The minimum Gasteiger partial charge on any atom is -0.394 e. The number of ether oxygens (including phenoxy) is 1. The van der Waals surface area contributed by atoms with Crippen LogP contribution in [-0.4, -0.2) is 5.91 Å². The Balaban J connectivity index is 2.34. The fourth-order valence-corrected chi connectivity index (χ4v) is 1.92. The summed E-state index contributed by atoms with van der Waals surface area (Å²) in [5.41, 5.74) is 1.03. The van der Waals surface area contributed by atoms with E-state index in [4.69, 9.17) is 10.00 Å². The van der Waals surface area contributed by atoms with Gasteiger partial charge >= 0.3 is 0 Å². The second kappa shape index (κ2) is 3.28. The fraction of sp³-hybridized carbons (Fsp3) is 0.273. The van der Waals surface area contributed by atoms with Crippen LogP contribution in [0.3, 0.4) is 0 Å². The van der Waals surface area contributed by atoms with Crippen molar-refractivity contribution in [1.82, 2.24) is 5.32 Å². The third-order valence-electron chi connectivity index (χ3n) is 2.49. The summed E-state index contributed by atoms with van der Waals surface area (Å²) in [6, 6.07) is 7.58. The predicted octanol–water partition coefficient (Wildman–Crippen LogP) is 1.03. The molecule has 0 aliphatic heterocycles. The first kappa shape index (κ1) is 9.53. The Morgan fingerprint density at radius 2 is 2.33 bits per heavy atom. The summed E-state index contributed by atoms with van der Waals surface area (Å²) in [7, 11) is 0. The second-order valence-corrected chi connectivity index (χ2v) is 3.54. The standard InChI is InChI=1S/C11H10N2O2/c1-8(14)13-11(15-7-12)6-9-4-2-3-5-10(9)11/h2-5H,6H2,1H3,(H,13,14). The molecule has 4 heteroatoms. The van der Waals surface area contributed by atoms with Crippen molar-refractivity contribution in [3.05, 3.63) is 35.4 Å². The lowest BCUT2D eigenvalue weighted by Gasteiger charge is -2.41. The van der Waals surface area contributed by atoms with Crippen molar-refractivity contribution in [1.29, 1.82) is 5.26 Å². The monoisotopic (exact) mass is 202 g/mol. The number of nitrogens with zero attached hydrogens (tertiary/aromatic N) is 1. The van der Waals surface area contributed by atoms with E-state index in [2.05, 4.69) is 5.32 Å². The summed E-state index contributed by atoms with van der Waals surface area (Å²) in [5.74, 6) is -0.209. The highest BCUT2D eigenvalue weighted by molar-refractivity contribution is 5.74. The van der Waals surface area contributed by atoms with Crippen LogP contribution < -0.4 is 5.32 Å². The maximum absolute atomic E-state index is 11.0. The van der Waals surface area contributed by atoms with Crippen LogP contribution in [0.2, 0.25) is 0 Å². The Labute approximate surface area is 87.5 Å². The van der Waals surface area contributed by atoms with Gasteiger partial charge in [-0.15, -0.1) is 0 Å². The molecule has 0 heterocycles. The molecule has 1 atom stereocenters. The van der Waals surface area contributed by atoms with E-state index in [9.17, 15) is 4.79 Å². The van der Waals surface area contributed by atoms with E-state index < -0.39 is 5.72 Å². The van der Waals surface area contributed by atoms with Crippen LogP contribution in [0, 0.1) is 11.5 Å². The largest absolute Gasteiger partial charge is 0.394 e.